The molecule has 3 rings (SSSR count). The Morgan fingerprint density at radius 3 is 2.58 bits per heavy atom. The zero-order chi connectivity index (χ0) is 13.1. The SMILES string of the molecule is N#CC1(Nc2ccccc2)CCOc2ccccc21. The van der Waals surface area contributed by atoms with Crippen molar-refractivity contribution in [1.29, 1.82) is 5.26 Å². The van der Waals surface area contributed by atoms with E-state index in [2.05, 4.69) is 11.4 Å². The lowest BCUT2D eigenvalue weighted by Gasteiger charge is -2.34. The van der Waals surface area contributed by atoms with Gasteiger partial charge in [-0.2, -0.15) is 5.26 Å². The first kappa shape index (κ1) is 11.6. The molecule has 0 spiro atoms. The summed E-state index contributed by atoms with van der Waals surface area (Å²) in [5.41, 5.74) is 1.14. The van der Waals surface area contributed by atoms with Gasteiger partial charge in [0.25, 0.3) is 0 Å². The fraction of sp³-hybridized carbons (Fsp3) is 0.188. The molecule has 3 heteroatoms. The molecule has 0 saturated heterocycles. The maximum absolute atomic E-state index is 9.68. The standard InChI is InChI=1S/C16H14N2O/c17-12-16(18-13-6-2-1-3-7-13)10-11-19-15-9-5-4-8-14(15)16/h1-9,18H,10-11H2. The van der Waals surface area contributed by atoms with Gasteiger partial charge < -0.3 is 10.1 Å². The highest BCUT2D eigenvalue weighted by Gasteiger charge is 2.37. The number of ether oxygens (including phenoxy) is 1. The summed E-state index contributed by atoms with van der Waals surface area (Å²) < 4.78 is 5.63. The molecular formula is C16H14N2O. The Bertz CT molecular complexity index is 618. The average molecular weight is 250 g/mol. The topological polar surface area (TPSA) is 45.0 Å². The van der Waals surface area contributed by atoms with Crippen LogP contribution in [0.3, 0.4) is 0 Å². The van der Waals surface area contributed by atoms with Crippen molar-refractivity contribution in [2.24, 2.45) is 0 Å². The van der Waals surface area contributed by atoms with Gasteiger partial charge in [0.1, 0.15) is 5.75 Å². The van der Waals surface area contributed by atoms with E-state index in [-0.39, 0.29) is 0 Å². The van der Waals surface area contributed by atoms with Gasteiger partial charge in [0.05, 0.1) is 12.7 Å². The third kappa shape index (κ3) is 2.02. The molecule has 0 aliphatic carbocycles. The van der Waals surface area contributed by atoms with Gasteiger partial charge in [-0.1, -0.05) is 36.4 Å². The van der Waals surface area contributed by atoms with Crippen molar-refractivity contribution in [2.75, 3.05) is 11.9 Å². The summed E-state index contributed by atoms with van der Waals surface area (Å²) in [4.78, 5) is 0. The van der Waals surface area contributed by atoms with Crippen molar-refractivity contribution < 1.29 is 4.74 Å². The van der Waals surface area contributed by atoms with Crippen LogP contribution in [0.5, 0.6) is 5.75 Å². The van der Waals surface area contributed by atoms with Gasteiger partial charge in [-0.15, -0.1) is 0 Å². The number of hydrogen-bond acceptors (Lipinski definition) is 3. The molecule has 1 aliphatic rings. The van der Waals surface area contributed by atoms with E-state index in [1.165, 1.54) is 0 Å². The van der Waals surface area contributed by atoms with Crippen molar-refractivity contribution in [3.8, 4) is 11.8 Å². The van der Waals surface area contributed by atoms with Crippen molar-refractivity contribution in [3.63, 3.8) is 0 Å². The van der Waals surface area contributed by atoms with Crippen molar-refractivity contribution >= 4 is 5.69 Å². The Morgan fingerprint density at radius 2 is 1.79 bits per heavy atom. The first-order chi connectivity index (χ1) is 9.34. The fourth-order valence-electron chi connectivity index (χ4n) is 2.44. The van der Waals surface area contributed by atoms with Crippen LogP contribution in [0.15, 0.2) is 54.6 Å². The number of hydrogen-bond donors (Lipinski definition) is 1. The predicted octanol–water partition coefficient (Wildman–Crippen LogP) is 3.30. The molecule has 0 radical (unpaired) electrons. The van der Waals surface area contributed by atoms with Crippen molar-refractivity contribution in [1.82, 2.24) is 0 Å². The average Bonchev–Trinajstić information content (AvgIpc) is 2.49. The van der Waals surface area contributed by atoms with Crippen LogP contribution in [0.1, 0.15) is 12.0 Å². The molecule has 1 aliphatic heterocycles. The zero-order valence-corrected chi connectivity index (χ0v) is 10.5. The van der Waals surface area contributed by atoms with E-state index in [1.54, 1.807) is 0 Å². The number of nitrogens with zero attached hydrogens (tertiary/aromatic N) is 1. The number of anilines is 1. The smallest absolute Gasteiger partial charge is 0.157 e. The van der Waals surface area contributed by atoms with Crippen molar-refractivity contribution in [3.05, 3.63) is 60.2 Å². The van der Waals surface area contributed by atoms with Crippen LogP contribution in [0.4, 0.5) is 5.69 Å². The lowest BCUT2D eigenvalue weighted by Crippen LogP contribution is -2.38. The minimum atomic E-state index is -0.712. The molecule has 3 nitrogen and oxygen atoms in total. The third-order valence-corrected chi connectivity index (χ3v) is 3.40. The van der Waals surface area contributed by atoms with Gasteiger partial charge in [0.2, 0.25) is 0 Å². The highest BCUT2D eigenvalue weighted by molar-refractivity contribution is 5.55. The minimum absolute atomic E-state index is 0.546. The summed E-state index contributed by atoms with van der Waals surface area (Å²) in [6, 6.07) is 20.0. The highest BCUT2D eigenvalue weighted by atomic mass is 16.5. The van der Waals surface area contributed by atoms with E-state index < -0.39 is 5.54 Å². The lowest BCUT2D eigenvalue weighted by molar-refractivity contribution is 0.253. The number of fused-ring (bicyclic) bond motifs is 1. The second-order valence-corrected chi connectivity index (χ2v) is 4.60. The summed E-state index contributed by atoms with van der Waals surface area (Å²) in [7, 11) is 0. The van der Waals surface area contributed by atoms with Gasteiger partial charge >= 0.3 is 0 Å². The maximum atomic E-state index is 9.68. The Hall–Kier alpha value is -2.47. The zero-order valence-electron chi connectivity index (χ0n) is 10.5. The first-order valence-electron chi connectivity index (χ1n) is 6.31. The molecular weight excluding hydrogens is 236 g/mol. The Balaban J connectivity index is 2.04. The van der Waals surface area contributed by atoms with Crippen LogP contribution in [-0.2, 0) is 5.54 Å². The Kier molecular flexibility index (Phi) is 2.85. The van der Waals surface area contributed by atoms with Crippen LogP contribution >= 0.6 is 0 Å². The number of nitrogens with one attached hydrogen (secondary N) is 1. The molecule has 94 valence electrons. The molecule has 0 saturated carbocycles. The van der Waals surface area contributed by atoms with Crippen LogP contribution in [0.25, 0.3) is 0 Å². The predicted molar refractivity (Wildman–Crippen MR) is 73.9 cm³/mol. The quantitative estimate of drug-likeness (QED) is 0.889. The van der Waals surface area contributed by atoms with Gasteiger partial charge in [-0.05, 0) is 18.2 Å². The van der Waals surface area contributed by atoms with Crippen molar-refractivity contribution in [2.45, 2.75) is 12.0 Å². The molecule has 0 amide bonds. The minimum Gasteiger partial charge on any atom is -0.493 e. The molecule has 1 N–H and O–H groups in total. The number of rotatable bonds is 2. The first-order valence-corrected chi connectivity index (χ1v) is 6.31. The molecule has 0 aromatic heterocycles. The molecule has 2 aromatic carbocycles. The van der Waals surface area contributed by atoms with Gasteiger partial charge in [-0.3, -0.25) is 0 Å². The molecule has 1 heterocycles. The Morgan fingerprint density at radius 1 is 1.05 bits per heavy atom. The molecule has 1 atom stereocenters. The van der Waals surface area contributed by atoms with E-state index in [9.17, 15) is 5.26 Å². The summed E-state index contributed by atoms with van der Waals surface area (Å²) in [6.45, 7) is 0.546. The van der Waals surface area contributed by atoms with E-state index in [4.69, 9.17) is 4.74 Å². The number of nitriles is 1. The molecule has 2 aromatic rings. The molecule has 0 fully saturated rings. The number of benzene rings is 2. The maximum Gasteiger partial charge on any atom is 0.157 e. The molecule has 1 unspecified atom stereocenters. The van der Waals surface area contributed by atoms with E-state index >= 15 is 0 Å². The third-order valence-electron chi connectivity index (χ3n) is 3.40. The second kappa shape index (κ2) is 4.66. The summed E-state index contributed by atoms with van der Waals surface area (Å²) >= 11 is 0. The second-order valence-electron chi connectivity index (χ2n) is 4.60. The van der Waals surface area contributed by atoms with Crippen LogP contribution in [0, 0.1) is 11.3 Å². The number of para-hydroxylation sites is 2. The normalized spacial score (nSPS) is 20.8. The van der Waals surface area contributed by atoms with Gasteiger partial charge in [0.15, 0.2) is 5.54 Å². The summed E-state index contributed by atoms with van der Waals surface area (Å²) in [5, 5.41) is 13.0. The Labute approximate surface area is 112 Å². The van der Waals surface area contributed by atoms with Crippen LogP contribution < -0.4 is 10.1 Å². The van der Waals surface area contributed by atoms with Gasteiger partial charge in [0, 0.05) is 17.7 Å². The largest absolute Gasteiger partial charge is 0.493 e. The fourth-order valence-corrected chi connectivity index (χ4v) is 2.44. The molecule has 0 bridgehead atoms. The lowest BCUT2D eigenvalue weighted by atomic mass is 9.85. The van der Waals surface area contributed by atoms with E-state index in [0.717, 1.165) is 17.0 Å². The van der Waals surface area contributed by atoms with E-state index in [0.29, 0.717) is 13.0 Å². The monoisotopic (exact) mass is 250 g/mol. The van der Waals surface area contributed by atoms with Crippen LogP contribution in [0.2, 0.25) is 0 Å². The van der Waals surface area contributed by atoms with Crippen LogP contribution in [-0.4, -0.2) is 6.61 Å². The molecule has 19 heavy (non-hydrogen) atoms. The highest BCUT2D eigenvalue weighted by Crippen LogP contribution is 2.38. The van der Waals surface area contributed by atoms with Gasteiger partial charge in [-0.25, -0.2) is 0 Å². The van der Waals surface area contributed by atoms with E-state index in [1.807, 2.05) is 54.6 Å². The summed E-state index contributed by atoms with van der Waals surface area (Å²) in [6.07, 6.45) is 0.634. The summed E-state index contributed by atoms with van der Waals surface area (Å²) in [5.74, 6) is 0.790.